The number of hydrogen-bond donors (Lipinski definition) is 1. The molecule has 0 bridgehead atoms. The molecule has 0 aliphatic heterocycles. The fraction of sp³-hybridized carbons (Fsp3) is 0.167. The zero-order chi connectivity index (χ0) is 13.2. The van der Waals surface area contributed by atoms with Crippen LogP contribution < -0.4 is 5.73 Å². The number of nitrogens with zero attached hydrogens (tertiary/aromatic N) is 5. The summed E-state index contributed by atoms with van der Waals surface area (Å²) in [6, 6.07) is 9.83. The summed E-state index contributed by atoms with van der Waals surface area (Å²) < 4.78 is 6.18. The summed E-state index contributed by atoms with van der Waals surface area (Å²) in [5.41, 5.74) is 8.43. The van der Waals surface area contributed by atoms with E-state index in [1.165, 1.54) is 0 Å². The standard InChI is InChI=1S/C12H12N6O/c1-2-9-10(8-6-4-3-5-7-8)18(17-14-9)12-11(13)15-19-16-12/h3-7H,2H2,1H3,(H2,13,15). The van der Waals surface area contributed by atoms with Gasteiger partial charge in [0, 0.05) is 5.56 Å². The normalized spacial score (nSPS) is 10.8. The van der Waals surface area contributed by atoms with Gasteiger partial charge in [0.25, 0.3) is 0 Å². The molecule has 0 saturated carbocycles. The molecule has 0 aliphatic carbocycles. The van der Waals surface area contributed by atoms with Gasteiger partial charge < -0.3 is 5.73 Å². The van der Waals surface area contributed by atoms with E-state index in [0.717, 1.165) is 23.4 Å². The van der Waals surface area contributed by atoms with Crippen molar-refractivity contribution in [1.29, 1.82) is 0 Å². The first kappa shape index (κ1) is 11.4. The molecule has 3 aromatic rings. The average Bonchev–Trinajstić information content (AvgIpc) is 3.05. The van der Waals surface area contributed by atoms with Crippen molar-refractivity contribution in [2.24, 2.45) is 0 Å². The molecule has 0 aliphatic rings. The maximum atomic E-state index is 5.71. The highest BCUT2D eigenvalue weighted by Crippen LogP contribution is 2.26. The molecule has 0 atom stereocenters. The number of nitrogens with two attached hydrogens (primary N) is 1. The third-order valence-electron chi connectivity index (χ3n) is 2.82. The van der Waals surface area contributed by atoms with Crippen LogP contribution in [0.15, 0.2) is 35.0 Å². The summed E-state index contributed by atoms with van der Waals surface area (Å²) in [7, 11) is 0. The minimum absolute atomic E-state index is 0.185. The quantitative estimate of drug-likeness (QED) is 0.762. The predicted octanol–water partition coefficient (Wildman–Crippen LogP) is 1.46. The van der Waals surface area contributed by atoms with Crippen molar-refractivity contribution in [3.63, 3.8) is 0 Å². The van der Waals surface area contributed by atoms with Gasteiger partial charge in [-0.1, -0.05) is 42.5 Å². The molecular formula is C12H12N6O. The van der Waals surface area contributed by atoms with Gasteiger partial charge in [-0.05, 0) is 16.7 Å². The highest BCUT2D eigenvalue weighted by atomic mass is 16.6. The van der Waals surface area contributed by atoms with E-state index in [1.54, 1.807) is 4.68 Å². The molecule has 1 aromatic carbocycles. The maximum absolute atomic E-state index is 5.71. The van der Waals surface area contributed by atoms with E-state index >= 15 is 0 Å². The third-order valence-corrected chi connectivity index (χ3v) is 2.82. The van der Waals surface area contributed by atoms with Crippen LogP contribution in [-0.4, -0.2) is 25.3 Å². The van der Waals surface area contributed by atoms with Crippen LogP contribution in [0.3, 0.4) is 0 Å². The number of hydrogen-bond acceptors (Lipinski definition) is 6. The van der Waals surface area contributed by atoms with Gasteiger partial charge in [-0.25, -0.2) is 4.63 Å². The monoisotopic (exact) mass is 256 g/mol. The number of nitrogen functional groups attached to an aromatic ring is 1. The molecule has 0 spiro atoms. The molecule has 2 heterocycles. The second-order valence-electron chi connectivity index (χ2n) is 3.99. The van der Waals surface area contributed by atoms with Crippen LogP contribution in [0.4, 0.5) is 5.82 Å². The van der Waals surface area contributed by atoms with Crippen molar-refractivity contribution in [2.75, 3.05) is 5.73 Å². The Morgan fingerprint density at radius 1 is 1.21 bits per heavy atom. The Morgan fingerprint density at radius 2 is 2.00 bits per heavy atom. The molecule has 2 aromatic heterocycles. The van der Waals surface area contributed by atoms with Crippen LogP contribution in [0.5, 0.6) is 0 Å². The van der Waals surface area contributed by atoms with E-state index < -0.39 is 0 Å². The second kappa shape index (κ2) is 4.52. The first-order chi connectivity index (χ1) is 9.31. The largest absolute Gasteiger partial charge is 0.378 e. The lowest BCUT2D eigenvalue weighted by molar-refractivity contribution is 0.307. The molecule has 0 unspecified atom stereocenters. The summed E-state index contributed by atoms with van der Waals surface area (Å²) in [6.07, 6.45) is 0.759. The maximum Gasteiger partial charge on any atom is 0.243 e. The minimum Gasteiger partial charge on any atom is -0.378 e. The number of benzene rings is 1. The van der Waals surface area contributed by atoms with Crippen LogP contribution in [0.25, 0.3) is 17.1 Å². The average molecular weight is 256 g/mol. The second-order valence-corrected chi connectivity index (χ2v) is 3.99. The fourth-order valence-corrected chi connectivity index (χ4v) is 1.92. The third kappa shape index (κ3) is 1.85. The summed E-state index contributed by atoms with van der Waals surface area (Å²) >= 11 is 0. The van der Waals surface area contributed by atoms with Gasteiger partial charge in [-0.15, -0.1) is 5.10 Å². The zero-order valence-electron chi connectivity index (χ0n) is 10.3. The molecule has 2 N–H and O–H groups in total. The highest BCUT2D eigenvalue weighted by Gasteiger charge is 2.19. The van der Waals surface area contributed by atoms with Crippen molar-refractivity contribution in [2.45, 2.75) is 13.3 Å². The Hall–Kier alpha value is -2.70. The molecule has 96 valence electrons. The van der Waals surface area contributed by atoms with E-state index in [2.05, 4.69) is 25.3 Å². The van der Waals surface area contributed by atoms with Crippen LogP contribution in [-0.2, 0) is 6.42 Å². The highest BCUT2D eigenvalue weighted by molar-refractivity contribution is 5.65. The van der Waals surface area contributed by atoms with E-state index in [0.29, 0.717) is 5.82 Å². The number of rotatable bonds is 3. The van der Waals surface area contributed by atoms with Crippen LogP contribution in [0.1, 0.15) is 12.6 Å². The molecule has 0 amide bonds. The smallest absolute Gasteiger partial charge is 0.243 e. The van der Waals surface area contributed by atoms with Crippen LogP contribution >= 0.6 is 0 Å². The lowest BCUT2D eigenvalue weighted by Crippen LogP contribution is -2.03. The molecule has 3 rings (SSSR count). The molecular weight excluding hydrogens is 244 g/mol. The Labute approximate surface area is 109 Å². The Balaban J connectivity index is 2.23. The Kier molecular flexibility index (Phi) is 2.71. The topological polar surface area (TPSA) is 95.6 Å². The molecule has 7 heteroatoms. The first-order valence-electron chi connectivity index (χ1n) is 5.89. The van der Waals surface area contributed by atoms with Crippen LogP contribution in [0, 0.1) is 0 Å². The molecule has 0 saturated heterocycles. The number of anilines is 1. The van der Waals surface area contributed by atoms with Crippen molar-refractivity contribution < 1.29 is 4.63 Å². The van der Waals surface area contributed by atoms with Crippen molar-refractivity contribution in [3.05, 3.63) is 36.0 Å². The minimum atomic E-state index is 0.185. The Bertz CT molecular complexity index is 687. The summed E-state index contributed by atoms with van der Waals surface area (Å²) in [5.74, 6) is 0.538. The van der Waals surface area contributed by atoms with Crippen molar-refractivity contribution in [3.8, 4) is 17.1 Å². The van der Waals surface area contributed by atoms with Crippen LogP contribution in [0.2, 0.25) is 0 Å². The summed E-state index contributed by atoms with van der Waals surface area (Å²) in [6.45, 7) is 2.02. The van der Waals surface area contributed by atoms with Gasteiger partial charge in [0.05, 0.1) is 11.4 Å². The van der Waals surface area contributed by atoms with E-state index in [1.807, 2.05) is 37.3 Å². The molecule has 0 radical (unpaired) electrons. The van der Waals surface area contributed by atoms with Gasteiger partial charge in [-0.2, -0.15) is 4.68 Å². The molecule has 19 heavy (non-hydrogen) atoms. The number of aryl methyl sites for hydroxylation is 1. The van der Waals surface area contributed by atoms with Gasteiger partial charge in [0.2, 0.25) is 11.6 Å². The Morgan fingerprint density at radius 3 is 2.63 bits per heavy atom. The van der Waals surface area contributed by atoms with Gasteiger partial charge in [-0.3, -0.25) is 0 Å². The van der Waals surface area contributed by atoms with Gasteiger partial charge in [0.15, 0.2) is 0 Å². The van der Waals surface area contributed by atoms with E-state index in [9.17, 15) is 0 Å². The molecule has 0 fully saturated rings. The zero-order valence-corrected chi connectivity index (χ0v) is 10.3. The summed E-state index contributed by atoms with van der Waals surface area (Å²) in [4.78, 5) is 0. The number of aromatic nitrogens is 5. The first-order valence-corrected chi connectivity index (χ1v) is 5.89. The van der Waals surface area contributed by atoms with Gasteiger partial charge in [0.1, 0.15) is 0 Å². The van der Waals surface area contributed by atoms with E-state index in [4.69, 9.17) is 5.73 Å². The SMILES string of the molecule is CCc1nnn(-c2nonc2N)c1-c1ccccc1. The van der Waals surface area contributed by atoms with Gasteiger partial charge >= 0.3 is 0 Å². The van der Waals surface area contributed by atoms with E-state index in [-0.39, 0.29) is 5.82 Å². The van der Waals surface area contributed by atoms with Crippen molar-refractivity contribution in [1.82, 2.24) is 25.3 Å². The lowest BCUT2D eigenvalue weighted by Gasteiger charge is -2.04. The fourth-order valence-electron chi connectivity index (χ4n) is 1.92. The van der Waals surface area contributed by atoms with Crippen molar-refractivity contribution >= 4 is 5.82 Å². The predicted molar refractivity (Wildman–Crippen MR) is 68.4 cm³/mol. The summed E-state index contributed by atoms with van der Waals surface area (Å²) in [5, 5.41) is 15.6. The lowest BCUT2D eigenvalue weighted by atomic mass is 10.1. The molecule has 7 nitrogen and oxygen atoms in total.